The summed E-state index contributed by atoms with van der Waals surface area (Å²) in [5.74, 6) is -0.243. The highest BCUT2D eigenvalue weighted by atomic mass is 32.2. The Balaban J connectivity index is 1.89. The molecule has 128 valence electrons. The van der Waals surface area contributed by atoms with E-state index in [1.807, 2.05) is 41.2 Å². The van der Waals surface area contributed by atoms with Gasteiger partial charge in [0.1, 0.15) is 0 Å². The van der Waals surface area contributed by atoms with Crippen molar-refractivity contribution in [2.45, 2.75) is 12.5 Å². The Hall–Kier alpha value is -2.19. The van der Waals surface area contributed by atoms with Gasteiger partial charge in [0.25, 0.3) is 0 Å². The number of benzene rings is 1. The molecule has 1 aromatic heterocycles. The zero-order valence-corrected chi connectivity index (χ0v) is 14.5. The normalized spacial score (nSPS) is 17.8. The number of amides is 1. The highest BCUT2D eigenvalue weighted by Crippen LogP contribution is 2.31. The first-order valence-corrected chi connectivity index (χ1v) is 9.50. The van der Waals surface area contributed by atoms with Crippen LogP contribution in [0.15, 0.2) is 42.7 Å². The molecule has 8 heteroatoms. The molecule has 2 heterocycles. The van der Waals surface area contributed by atoms with Gasteiger partial charge in [-0.2, -0.15) is 9.40 Å². The van der Waals surface area contributed by atoms with Crippen molar-refractivity contribution in [3.05, 3.63) is 48.3 Å². The predicted octanol–water partition coefficient (Wildman–Crippen LogP) is 0.905. The molecule has 0 bridgehead atoms. The van der Waals surface area contributed by atoms with E-state index in [-0.39, 0.29) is 18.5 Å². The third-order valence-electron chi connectivity index (χ3n) is 4.26. The summed E-state index contributed by atoms with van der Waals surface area (Å²) >= 11 is 0. The van der Waals surface area contributed by atoms with Gasteiger partial charge in [-0.15, -0.1) is 0 Å². The first kappa shape index (κ1) is 16.7. The number of para-hydroxylation sites is 1. The Bertz CT molecular complexity index is 833. The van der Waals surface area contributed by atoms with E-state index in [0.29, 0.717) is 6.54 Å². The van der Waals surface area contributed by atoms with Crippen molar-refractivity contribution < 1.29 is 13.2 Å². The van der Waals surface area contributed by atoms with Gasteiger partial charge in [-0.1, -0.05) is 18.2 Å². The fraction of sp³-hybridized carbons (Fsp3) is 0.375. The van der Waals surface area contributed by atoms with Crippen LogP contribution < -0.4 is 4.90 Å². The number of likely N-dealkylation sites (N-methyl/N-ethyl adjacent to an activating group) is 1. The van der Waals surface area contributed by atoms with Crippen molar-refractivity contribution in [3.8, 4) is 0 Å². The second-order valence-corrected chi connectivity index (χ2v) is 8.09. The molecule has 2 aromatic rings. The molecule has 0 spiro atoms. The maximum Gasteiger partial charge on any atom is 0.242 e. The highest BCUT2D eigenvalue weighted by Gasteiger charge is 2.30. The summed E-state index contributed by atoms with van der Waals surface area (Å²) in [5.41, 5.74) is 1.90. The number of carbonyl (C=O) groups excluding carboxylic acids is 1. The molecule has 0 saturated heterocycles. The fourth-order valence-corrected chi connectivity index (χ4v) is 3.22. The lowest BCUT2D eigenvalue weighted by Crippen LogP contribution is -2.46. The molecule has 1 atom stereocenters. The number of nitrogens with zero attached hydrogens (tertiary/aromatic N) is 4. The van der Waals surface area contributed by atoms with Gasteiger partial charge in [0, 0.05) is 31.7 Å². The zero-order valence-electron chi connectivity index (χ0n) is 13.7. The molecule has 1 unspecified atom stereocenters. The minimum absolute atomic E-state index is 0.0300. The second-order valence-electron chi connectivity index (χ2n) is 6.00. The average molecular weight is 348 g/mol. The minimum atomic E-state index is -3.40. The number of hydrogen-bond donors (Lipinski definition) is 0. The van der Waals surface area contributed by atoms with Crippen molar-refractivity contribution in [3.63, 3.8) is 0 Å². The molecule has 0 radical (unpaired) electrons. The summed E-state index contributed by atoms with van der Waals surface area (Å²) < 4.78 is 26.1. The van der Waals surface area contributed by atoms with Gasteiger partial charge in [-0.25, -0.2) is 8.42 Å². The third kappa shape index (κ3) is 3.34. The molecule has 0 N–H and O–H groups in total. The van der Waals surface area contributed by atoms with E-state index in [1.165, 1.54) is 7.05 Å². The van der Waals surface area contributed by atoms with E-state index < -0.39 is 10.0 Å². The molecule has 0 aliphatic carbocycles. The third-order valence-corrected chi connectivity index (χ3v) is 5.52. The van der Waals surface area contributed by atoms with Crippen LogP contribution in [-0.4, -0.2) is 54.8 Å². The number of carbonyl (C=O) groups is 1. The molecule has 1 aliphatic rings. The van der Waals surface area contributed by atoms with Gasteiger partial charge in [-0.05, 0) is 24.1 Å². The van der Waals surface area contributed by atoms with E-state index in [2.05, 4.69) is 5.10 Å². The molecule has 24 heavy (non-hydrogen) atoms. The van der Waals surface area contributed by atoms with Crippen molar-refractivity contribution in [1.82, 2.24) is 14.1 Å². The van der Waals surface area contributed by atoms with Crippen LogP contribution in [0.2, 0.25) is 0 Å². The number of sulfonamides is 1. The van der Waals surface area contributed by atoms with Crippen LogP contribution >= 0.6 is 0 Å². The molecule has 3 rings (SSSR count). The summed E-state index contributed by atoms with van der Waals surface area (Å²) in [6, 6.07) is 9.59. The zero-order chi connectivity index (χ0) is 17.3. The Kier molecular flexibility index (Phi) is 4.42. The summed E-state index contributed by atoms with van der Waals surface area (Å²) in [6.45, 7) is 0.286. The van der Waals surface area contributed by atoms with Gasteiger partial charge in [-0.3, -0.25) is 9.48 Å². The van der Waals surface area contributed by atoms with E-state index in [0.717, 1.165) is 28.2 Å². The topological polar surface area (TPSA) is 75.5 Å². The molecular weight excluding hydrogens is 328 g/mol. The van der Waals surface area contributed by atoms with Crippen LogP contribution in [0.25, 0.3) is 0 Å². The van der Waals surface area contributed by atoms with E-state index in [9.17, 15) is 13.2 Å². The Morgan fingerprint density at radius 3 is 2.75 bits per heavy atom. The van der Waals surface area contributed by atoms with Crippen LogP contribution in [0.3, 0.4) is 0 Å². The van der Waals surface area contributed by atoms with Crippen molar-refractivity contribution in [2.24, 2.45) is 0 Å². The van der Waals surface area contributed by atoms with Crippen molar-refractivity contribution in [2.75, 3.05) is 31.3 Å². The standard InChI is InChI=1S/C16H20N4O3S/c1-18(24(2,22)23)12-16(21)19-11-14(20-9-5-8-17-20)10-13-6-3-4-7-15(13)19/h3-9,14H,10-12H2,1-2H3. The van der Waals surface area contributed by atoms with Crippen molar-refractivity contribution >= 4 is 21.6 Å². The number of hydrogen-bond acceptors (Lipinski definition) is 4. The fourth-order valence-electron chi connectivity index (χ4n) is 2.88. The maximum absolute atomic E-state index is 12.7. The summed E-state index contributed by atoms with van der Waals surface area (Å²) in [6.07, 6.45) is 5.47. The van der Waals surface area contributed by atoms with Crippen LogP contribution in [-0.2, 0) is 21.2 Å². The maximum atomic E-state index is 12.7. The SMILES string of the molecule is CN(CC(=O)N1CC(n2cccn2)Cc2ccccc21)S(C)(=O)=O. The van der Waals surface area contributed by atoms with Gasteiger partial charge in [0.2, 0.25) is 15.9 Å². The number of aromatic nitrogens is 2. The van der Waals surface area contributed by atoms with Crippen LogP contribution in [0.5, 0.6) is 0 Å². The first-order chi connectivity index (χ1) is 11.4. The van der Waals surface area contributed by atoms with Crippen LogP contribution in [0, 0.1) is 0 Å². The van der Waals surface area contributed by atoms with Gasteiger partial charge in [0.15, 0.2) is 0 Å². The molecule has 1 aliphatic heterocycles. The number of anilines is 1. The Labute approximate surface area is 141 Å². The van der Waals surface area contributed by atoms with Gasteiger partial charge < -0.3 is 4.90 Å². The molecular formula is C16H20N4O3S. The monoisotopic (exact) mass is 348 g/mol. The highest BCUT2D eigenvalue weighted by molar-refractivity contribution is 7.88. The molecule has 0 fully saturated rings. The number of fused-ring (bicyclic) bond motifs is 1. The van der Waals surface area contributed by atoms with Crippen LogP contribution in [0.1, 0.15) is 11.6 Å². The van der Waals surface area contributed by atoms with E-state index >= 15 is 0 Å². The molecule has 7 nitrogen and oxygen atoms in total. The minimum Gasteiger partial charge on any atom is -0.309 e. The molecule has 0 saturated carbocycles. The lowest BCUT2D eigenvalue weighted by Gasteiger charge is -2.35. The van der Waals surface area contributed by atoms with Crippen molar-refractivity contribution in [1.29, 1.82) is 0 Å². The smallest absolute Gasteiger partial charge is 0.242 e. The lowest BCUT2D eigenvalue weighted by atomic mass is 9.98. The van der Waals surface area contributed by atoms with Gasteiger partial charge in [0.05, 0.1) is 18.8 Å². The van der Waals surface area contributed by atoms with E-state index in [4.69, 9.17) is 0 Å². The summed E-state index contributed by atoms with van der Waals surface area (Å²) in [4.78, 5) is 14.4. The predicted molar refractivity (Wildman–Crippen MR) is 91.2 cm³/mol. The molecule has 1 aromatic carbocycles. The quantitative estimate of drug-likeness (QED) is 0.823. The van der Waals surface area contributed by atoms with Gasteiger partial charge >= 0.3 is 0 Å². The summed E-state index contributed by atoms with van der Waals surface area (Å²) in [5, 5.41) is 4.28. The number of rotatable bonds is 4. The van der Waals surface area contributed by atoms with E-state index in [1.54, 1.807) is 11.1 Å². The Morgan fingerprint density at radius 1 is 1.33 bits per heavy atom. The largest absolute Gasteiger partial charge is 0.309 e. The summed E-state index contributed by atoms with van der Waals surface area (Å²) in [7, 11) is -1.99. The Morgan fingerprint density at radius 2 is 2.08 bits per heavy atom. The average Bonchev–Trinajstić information content (AvgIpc) is 3.07. The first-order valence-electron chi connectivity index (χ1n) is 7.65. The van der Waals surface area contributed by atoms with Crippen LogP contribution in [0.4, 0.5) is 5.69 Å². The molecule has 1 amide bonds. The lowest BCUT2D eigenvalue weighted by molar-refractivity contribution is -0.118. The second kappa shape index (κ2) is 6.37.